The van der Waals surface area contributed by atoms with Crippen molar-refractivity contribution in [3.8, 4) is 11.8 Å². The number of hydrogen-bond donors (Lipinski definition) is 0. The highest BCUT2D eigenvalue weighted by Gasteiger charge is 2.49. The van der Waals surface area contributed by atoms with Crippen LogP contribution in [0.25, 0.3) is 0 Å². The van der Waals surface area contributed by atoms with Crippen LogP contribution in [0.15, 0.2) is 22.9 Å². The fourth-order valence-corrected chi connectivity index (χ4v) is 3.61. The van der Waals surface area contributed by atoms with Crippen LogP contribution >= 0.6 is 27.5 Å². The fourth-order valence-electron chi connectivity index (χ4n) is 3.08. The van der Waals surface area contributed by atoms with Crippen LogP contribution in [0.4, 0.5) is 4.39 Å². The number of rotatable bonds is 5. The minimum absolute atomic E-state index is 0.157. The maximum absolute atomic E-state index is 13.6. The zero-order chi connectivity index (χ0) is 19.2. The van der Waals surface area contributed by atoms with Gasteiger partial charge in [0.25, 0.3) is 0 Å². The maximum Gasteiger partial charge on any atom is 0.321 e. The van der Waals surface area contributed by atoms with Crippen LogP contribution in [0.5, 0.6) is 11.8 Å². The Morgan fingerprint density at radius 2 is 1.60 bits per heavy atom. The molecule has 2 aromatic rings. The second-order valence-corrected chi connectivity index (χ2v) is 9.50. The molecule has 1 aromatic carbocycles. The van der Waals surface area contributed by atoms with E-state index in [-0.39, 0.29) is 27.0 Å². The van der Waals surface area contributed by atoms with Crippen molar-refractivity contribution < 1.29 is 9.13 Å². The summed E-state index contributed by atoms with van der Waals surface area (Å²) in [5.74, 6) is -0.196. The Bertz CT molecular complexity index is 761. The van der Waals surface area contributed by atoms with Gasteiger partial charge in [0.1, 0.15) is 19.4 Å². The molecule has 1 aromatic heterocycles. The summed E-state index contributed by atoms with van der Waals surface area (Å²) in [5.41, 5.74) is -0.439. The molecular formula is C11H17B7BrClFN3O. The average Bonchev–Trinajstić information content (AvgIpc) is 2.74. The van der Waals surface area contributed by atoms with Gasteiger partial charge in [-0.25, -0.2) is 9.07 Å². The van der Waals surface area contributed by atoms with Gasteiger partial charge in [-0.15, -0.1) is 5.10 Å². The van der Waals surface area contributed by atoms with Crippen LogP contribution in [0.3, 0.4) is 0 Å². The molecule has 0 aliphatic rings. The number of benzene rings is 1. The SMILES string of the molecule is BC(B)(B)C(B)(n1nc(Br)nc1Oc1cc(F)cc(Cl)c1)C(B)(B)B. The molecule has 4 nitrogen and oxygen atoms in total. The van der Waals surface area contributed by atoms with E-state index in [1.165, 1.54) is 12.1 Å². The third-order valence-electron chi connectivity index (χ3n) is 4.94. The molecule has 0 saturated heterocycles. The van der Waals surface area contributed by atoms with E-state index in [1.807, 2.05) is 0 Å². The van der Waals surface area contributed by atoms with E-state index >= 15 is 0 Å². The highest BCUT2D eigenvalue weighted by atomic mass is 79.9. The Balaban J connectivity index is 2.60. The second kappa shape index (κ2) is 6.80. The van der Waals surface area contributed by atoms with Crippen molar-refractivity contribution in [2.75, 3.05) is 0 Å². The van der Waals surface area contributed by atoms with E-state index < -0.39 is 11.3 Å². The first-order valence-electron chi connectivity index (χ1n) is 8.03. The number of ether oxygens (including phenoxy) is 1. The van der Waals surface area contributed by atoms with Crippen molar-refractivity contribution in [1.82, 2.24) is 14.8 Å². The largest absolute Gasteiger partial charge is 0.424 e. The molecule has 2 rings (SSSR count). The van der Waals surface area contributed by atoms with Gasteiger partial charge < -0.3 is 4.74 Å². The van der Waals surface area contributed by atoms with Crippen molar-refractivity contribution in [2.24, 2.45) is 0 Å². The summed E-state index contributed by atoms with van der Waals surface area (Å²) in [4.78, 5) is 4.34. The van der Waals surface area contributed by atoms with Gasteiger partial charge >= 0.3 is 6.01 Å². The molecule has 0 radical (unpaired) electrons. The summed E-state index contributed by atoms with van der Waals surface area (Å²) in [6.07, 6.45) is 0. The molecule has 0 unspecified atom stereocenters. The molecule has 25 heavy (non-hydrogen) atoms. The van der Waals surface area contributed by atoms with E-state index in [2.05, 4.69) is 80.9 Å². The molecule has 0 spiro atoms. The van der Waals surface area contributed by atoms with Gasteiger partial charge in [0.05, 0.1) is 47.1 Å². The first-order chi connectivity index (χ1) is 11.3. The minimum Gasteiger partial charge on any atom is -0.424 e. The molecule has 124 valence electrons. The summed E-state index contributed by atoms with van der Waals surface area (Å²) in [5, 5.41) is 4.47. The molecule has 0 amide bonds. The smallest absolute Gasteiger partial charge is 0.321 e. The monoisotopic (exact) mass is 417 g/mol. The Kier molecular flexibility index (Phi) is 5.61. The van der Waals surface area contributed by atoms with Gasteiger partial charge in [-0.3, -0.25) is 0 Å². The highest BCUT2D eigenvalue weighted by Crippen LogP contribution is 2.48. The van der Waals surface area contributed by atoms with Crippen molar-refractivity contribution in [1.29, 1.82) is 0 Å². The van der Waals surface area contributed by atoms with Gasteiger partial charge in [0.2, 0.25) is 4.73 Å². The topological polar surface area (TPSA) is 39.9 Å². The quantitative estimate of drug-likeness (QED) is 0.483. The first kappa shape index (κ1) is 20.6. The number of halogens is 3. The van der Waals surface area contributed by atoms with Crippen LogP contribution in [-0.4, -0.2) is 69.7 Å². The molecule has 1 heterocycles. The van der Waals surface area contributed by atoms with Crippen molar-refractivity contribution in [3.63, 3.8) is 0 Å². The van der Waals surface area contributed by atoms with Crippen molar-refractivity contribution in [3.05, 3.63) is 33.8 Å². The molecule has 0 fully saturated rings. The average molecular weight is 417 g/mol. The van der Waals surface area contributed by atoms with Crippen LogP contribution in [0.2, 0.25) is 15.2 Å². The number of hydrogen-bond acceptors (Lipinski definition) is 3. The minimum atomic E-state index is -0.470. The standard InChI is InChI=1S/C11H17B7BrClFN3O/c12-9(10(13,14)15,11(16,17)18)24-8(22-7(19)23-24)25-6-2-4(20)1-5(21)3-6/h1-3H,12-18H2. The summed E-state index contributed by atoms with van der Waals surface area (Å²) in [6, 6.07) is 4.32. The van der Waals surface area contributed by atoms with Crippen molar-refractivity contribution in [2.45, 2.75) is 15.7 Å². The molecule has 0 saturated carbocycles. The predicted molar refractivity (Wildman–Crippen MR) is 122 cm³/mol. The van der Waals surface area contributed by atoms with Gasteiger partial charge in [-0.05, 0) is 28.1 Å². The molecule has 0 bridgehead atoms. The fraction of sp³-hybridized carbons (Fsp3) is 0.273. The van der Waals surface area contributed by atoms with Crippen molar-refractivity contribution >= 4 is 82.5 Å². The molecule has 0 aliphatic carbocycles. The lowest BCUT2D eigenvalue weighted by molar-refractivity contribution is 0.317. The van der Waals surface area contributed by atoms with Gasteiger partial charge in [-0.1, -0.05) is 21.8 Å². The summed E-state index contributed by atoms with van der Waals surface area (Å²) in [6.45, 7) is 0. The lowest BCUT2D eigenvalue weighted by Gasteiger charge is -2.52. The molecular weight excluding hydrogens is 400 g/mol. The summed E-state index contributed by atoms with van der Waals surface area (Å²) < 4.78 is 21.7. The zero-order valence-electron chi connectivity index (χ0n) is 15.6. The lowest BCUT2D eigenvalue weighted by atomic mass is 9.18. The van der Waals surface area contributed by atoms with E-state index in [1.54, 1.807) is 10.7 Å². The normalized spacial score (nSPS) is 12.9. The van der Waals surface area contributed by atoms with E-state index in [0.717, 1.165) is 0 Å². The molecule has 0 aliphatic heterocycles. The Hall–Kier alpha value is -0.685. The van der Waals surface area contributed by atoms with Crippen LogP contribution in [-0.2, 0) is 5.44 Å². The Labute approximate surface area is 167 Å². The second-order valence-electron chi connectivity index (χ2n) is 8.35. The highest BCUT2D eigenvalue weighted by molar-refractivity contribution is 9.10. The molecule has 0 N–H and O–H groups in total. The summed E-state index contributed by atoms with van der Waals surface area (Å²) >= 11 is 9.25. The van der Waals surface area contributed by atoms with Gasteiger partial charge in [0.15, 0.2) is 0 Å². The van der Waals surface area contributed by atoms with E-state index in [0.29, 0.717) is 4.73 Å². The van der Waals surface area contributed by atoms with E-state index in [9.17, 15) is 4.39 Å². The third kappa shape index (κ3) is 4.02. The number of nitrogens with zero attached hydrogens (tertiary/aromatic N) is 3. The van der Waals surface area contributed by atoms with E-state index in [4.69, 9.17) is 16.3 Å². The van der Waals surface area contributed by atoms with Crippen LogP contribution in [0.1, 0.15) is 0 Å². The summed E-state index contributed by atoms with van der Waals surface area (Å²) in [7, 11) is 15.0. The number of aromatic nitrogens is 3. The third-order valence-corrected chi connectivity index (χ3v) is 5.50. The lowest BCUT2D eigenvalue weighted by Crippen LogP contribution is -2.57. The Morgan fingerprint density at radius 3 is 2.08 bits per heavy atom. The first-order valence-corrected chi connectivity index (χ1v) is 9.20. The van der Waals surface area contributed by atoms with Gasteiger partial charge in [-0.2, -0.15) is 4.98 Å². The predicted octanol–water partition coefficient (Wildman–Crippen LogP) is -3.14. The van der Waals surface area contributed by atoms with Gasteiger partial charge in [0, 0.05) is 16.5 Å². The zero-order valence-corrected chi connectivity index (χ0v) is 18.0. The Morgan fingerprint density at radius 1 is 1.04 bits per heavy atom. The van der Waals surface area contributed by atoms with Crippen LogP contribution < -0.4 is 4.74 Å². The maximum atomic E-state index is 13.6. The molecule has 0 atom stereocenters. The van der Waals surface area contributed by atoms with Crippen LogP contribution in [0, 0.1) is 5.82 Å². The molecule has 14 heteroatoms.